The second kappa shape index (κ2) is 5.42. The summed E-state index contributed by atoms with van der Waals surface area (Å²) in [7, 11) is 4.06. The number of benzene rings is 1. The molecule has 0 spiro atoms. The smallest absolute Gasteiger partial charge is 0.193 e. The van der Waals surface area contributed by atoms with E-state index in [-0.39, 0.29) is 0 Å². The third-order valence-electron chi connectivity index (χ3n) is 3.53. The van der Waals surface area contributed by atoms with Crippen LogP contribution >= 0.6 is 0 Å². The molecule has 1 aromatic rings. The normalized spacial score (nSPS) is 17.4. The molecule has 98 valence electrons. The first-order chi connectivity index (χ1) is 8.68. The van der Waals surface area contributed by atoms with Crippen LogP contribution in [0.25, 0.3) is 0 Å². The Hall–Kier alpha value is -1.51. The highest BCUT2D eigenvalue weighted by Crippen LogP contribution is 2.48. The molecular formula is C15H23N3. The van der Waals surface area contributed by atoms with E-state index in [1.807, 2.05) is 19.0 Å². The average Bonchev–Trinajstić information content (AvgIpc) is 3.16. The Morgan fingerprint density at radius 3 is 2.44 bits per heavy atom. The van der Waals surface area contributed by atoms with Gasteiger partial charge in [-0.15, -0.1) is 0 Å². The number of guanidine groups is 1. The zero-order valence-electron chi connectivity index (χ0n) is 11.6. The van der Waals surface area contributed by atoms with Gasteiger partial charge in [0.1, 0.15) is 0 Å². The van der Waals surface area contributed by atoms with Crippen molar-refractivity contribution in [2.24, 2.45) is 4.99 Å². The fourth-order valence-corrected chi connectivity index (χ4v) is 2.22. The molecular weight excluding hydrogens is 222 g/mol. The number of aliphatic imine (C=N–C) groups is 1. The summed E-state index contributed by atoms with van der Waals surface area (Å²) in [6, 6.07) is 10.8. The van der Waals surface area contributed by atoms with Gasteiger partial charge < -0.3 is 10.2 Å². The molecule has 1 aliphatic carbocycles. The summed E-state index contributed by atoms with van der Waals surface area (Å²) >= 11 is 0. The van der Waals surface area contributed by atoms with E-state index in [0.29, 0.717) is 5.41 Å². The molecule has 0 amide bonds. The van der Waals surface area contributed by atoms with Crippen LogP contribution in [0, 0.1) is 0 Å². The first-order valence-corrected chi connectivity index (χ1v) is 6.69. The number of hydrogen-bond donors (Lipinski definition) is 1. The van der Waals surface area contributed by atoms with Crippen LogP contribution in [0.2, 0.25) is 0 Å². The summed E-state index contributed by atoms with van der Waals surface area (Å²) in [4.78, 5) is 6.80. The summed E-state index contributed by atoms with van der Waals surface area (Å²) in [5, 5.41) is 3.31. The van der Waals surface area contributed by atoms with E-state index in [2.05, 4.69) is 42.6 Å². The van der Waals surface area contributed by atoms with E-state index < -0.39 is 0 Å². The van der Waals surface area contributed by atoms with Crippen LogP contribution in [0.5, 0.6) is 0 Å². The molecule has 1 fully saturated rings. The summed E-state index contributed by atoms with van der Waals surface area (Å²) in [5.74, 6) is 0.986. The van der Waals surface area contributed by atoms with Gasteiger partial charge in [-0.2, -0.15) is 0 Å². The lowest BCUT2D eigenvalue weighted by molar-refractivity contribution is 0.575. The van der Waals surface area contributed by atoms with Crippen LogP contribution in [-0.4, -0.2) is 38.0 Å². The minimum atomic E-state index is 0.304. The van der Waals surface area contributed by atoms with E-state index in [0.717, 1.165) is 19.0 Å². The van der Waals surface area contributed by atoms with Gasteiger partial charge in [0.2, 0.25) is 0 Å². The van der Waals surface area contributed by atoms with Gasteiger partial charge in [-0.25, -0.2) is 0 Å². The number of hydrogen-bond acceptors (Lipinski definition) is 1. The molecule has 1 aromatic carbocycles. The molecule has 3 nitrogen and oxygen atoms in total. The van der Waals surface area contributed by atoms with Crippen molar-refractivity contribution < 1.29 is 0 Å². The van der Waals surface area contributed by atoms with Gasteiger partial charge in [0.05, 0.1) is 6.54 Å². The number of rotatable bonds is 4. The van der Waals surface area contributed by atoms with Gasteiger partial charge in [0, 0.05) is 26.1 Å². The standard InChI is InChI=1S/C15H23N3/c1-4-16-14(18(2)3)17-12-15(10-11-15)13-8-6-5-7-9-13/h5-9H,4,10-12H2,1-3H3,(H,16,17). The Morgan fingerprint density at radius 1 is 1.28 bits per heavy atom. The molecule has 1 aliphatic rings. The van der Waals surface area contributed by atoms with Gasteiger partial charge in [-0.3, -0.25) is 4.99 Å². The quantitative estimate of drug-likeness (QED) is 0.651. The van der Waals surface area contributed by atoms with Crippen molar-refractivity contribution in [2.75, 3.05) is 27.2 Å². The largest absolute Gasteiger partial charge is 0.357 e. The van der Waals surface area contributed by atoms with Crippen molar-refractivity contribution in [2.45, 2.75) is 25.2 Å². The van der Waals surface area contributed by atoms with Gasteiger partial charge in [0.25, 0.3) is 0 Å². The molecule has 3 heteroatoms. The topological polar surface area (TPSA) is 27.6 Å². The first-order valence-electron chi connectivity index (χ1n) is 6.69. The maximum absolute atomic E-state index is 4.75. The molecule has 0 saturated heterocycles. The Balaban J connectivity index is 2.07. The van der Waals surface area contributed by atoms with Crippen molar-refractivity contribution in [1.29, 1.82) is 0 Å². The summed E-state index contributed by atoms with van der Waals surface area (Å²) in [5.41, 5.74) is 1.74. The zero-order chi connectivity index (χ0) is 13.0. The van der Waals surface area contributed by atoms with Gasteiger partial charge >= 0.3 is 0 Å². The van der Waals surface area contributed by atoms with Gasteiger partial charge in [0.15, 0.2) is 5.96 Å². The Kier molecular flexibility index (Phi) is 3.90. The summed E-state index contributed by atoms with van der Waals surface area (Å²) in [6.45, 7) is 3.90. The third-order valence-corrected chi connectivity index (χ3v) is 3.53. The highest BCUT2D eigenvalue weighted by atomic mass is 15.3. The molecule has 0 aromatic heterocycles. The predicted molar refractivity (Wildman–Crippen MR) is 77.0 cm³/mol. The zero-order valence-corrected chi connectivity index (χ0v) is 11.6. The first kappa shape index (κ1) is 12.9. The van der Waals surface area contributed by atoms with Crippen molar-refractivity contribution in [3.63, 3.8) is 0 Å². The lowest BCUT2D eigenvalue weighted by Crippen LogP contribution is -2.37. The molecule has 0 heterocycles. The molecule has 2 rings (SSSR count). The van der Waals surface area contributed by atoms with Crippen molar-refractivity contribution in [3.05, 3.63) is 35.9 Å². The second-order valence-electron chi connectivity index (χ2n) is 5.21. The maximum atomic E-state index is 4.75. The van der Waals surface area contributed by atoms with E-state index in [1.54, 1.807) is 0 Å². The fraction of sp³-hybridized carbons (Fsp3) is 0.533. The third kappa shape index (κ3) is 2.84. The fourth-order valence-electron chi connectivity index (χ4n) is 2.22. The molecule has 1 saturated carbocycles. The van der Waals surface area contributed by atoms with Crippen LogP contribution in [-0.2, 0) is 5.41 Å². The lowest BCUT2D eigenvalue weighted by Gasteiger charge is -2.19. The minimum absolute atomic E-state index is 0.304. The SMILES string of the molecule is CCNC(=NCC1(c2ccccc2)CC1)N(C)C. The van der Waals surface area contributed by atoms with Crippen LogP contribution in [0.15, 0.2) is 35.3 Å². The van der Waals surface area contributed by atoms with Crippen LogP contribution in [0.1, 0.15) is 25.3 Å². The lowest BCUT2D eigenvalue weighted by atomic mass is 9.96. The Bertz CT molecular complexity index is 405. The Morgan fingerprint density at radius 2 is 1.94 bits per heavy atom. The molecule has 0 bridgehead atoms. The monoisotopic (exact) mass is 245 g/mol. The summed E-state index contributed by atoms with van der Waals surface area (Å²) < 4.78 is 0. The van der Waals surface area contributed by atoms with Crippen LogP contribution in [0.3, 0.4) is 0 Å². The molecule has 0 radical (unpaired) electrons. The number of nitrogens with zero attached hydrogens (tertiary/aromatic N) is 2. The molecule has 0 aliphatic heterocycles. The van der Waals surface area contributed by atoms with Gasteiger partial charge in [-0.05, 0) is 25.3 Å². The van der Waals surface area contributed by atoms with Crippen molar-refractivity contribution >= 4 is 5.96 Å². The van der Waals surface area contributed by atoms with Crippen LogP contribution < -0.4 is 5.32 Å². The average molecular weight is 245 g/mol. The highest BCUT2D eigenvalue weighted by molar-refractivity contribution is 5.79. The summed E-state index contributed by atoms with van der Waals surface area (Å²) in [6.07, 6.45) is 2.51. The molecule has 0 unspecified atom stereocenters. The van der Waals surface area contributed by atoms with Crippen molar-refractivity contribution in [3.8, 4) is 0 Å². The van der Waals surface area contributed by atoms with Crippen molar-refractivity contribution in [1.82, 2.24) is 10.2 Å². The highest BCUT2D eigenvalue weighted by Gasteiger charge is 2.43. The van der Waals surface area contributed by atoms with E-state index in [1.165, 1.54) is 18.4 Å². The molecule has 1 N–H and O–H groups in total. The number of nitrogens with one attached hydrogen (secondary N) is 1. The van der Waals surface area contributed by atoms with E-state index in [4.69, 9.17) is 4.99 Å². The minimum Gasteiger partial charge on any atom is -0.357 e. The van der Waals surface area contributed by atoms with E-state index in [9.17, 15) is 0 Å². The Labute approximate surface area is 110 Å². The maximum Gasteiger partial charge on any atom is 0.193 e. The van der Waals surface area contributed by atoms with E-state index >= 15 is 0 Å². The van der Waals surface area contributed by atoms with Gasteiger partial charge in [-0.1, -0.05) is 30.3 Å². The van der Waals surface area contributed by atoms with Crippen LogP contribution in [0.4, 0.5) is 0 Å². The molecule has 18 heavy (non-hydrogen) atoms. The molecule has 0 atom stereocenters. The predicted octanol–water partition coefficient (Wildman–Crippen LogP) is 2.25. The second-order valence-corrected chi connectivity index (χ2v) is 5.21.